The summed E-state index contributed by atoms with van der Waals surface area (Å²) in [5.41, 5.74) is 1.16. The Hall–Kier alpha value is -1.16. The number of anilines is 1. The minimum Gasteiger partial charge on any atom is -0.367 e. The van der Waals surface area contributed by atoms with Gasteiger partial charge in [0.15, 0.2) is 0 Å². The van der Waals surface area contributed by atoms with Crippen LogP contribution in [-0.2, 0) is 6.42 Å². The van der Waals surface area contributed by atoms with E-state index < -0.39 is 0 Å². The molecule has 106 valence electrons. The molecule has 0 saturated carbocycles. The standard InChI is InChI=1S/C15H26N4/c1-4-5-13-10-14(19-15(18-13)11(2)3)17-12-6-8-16-9-7-12/h10-12,16H,4-9H2,1-3H3,(H,17,18,19). The van der Waals surface area contributed by atoms with Crippen LogP contribution in [-0.4, -0.2) is 29.1 Å². The quantitative estimate of drug-likeness (QED) is 0.856. The monoisotopic (exact) mass is 262 g/mol. The van der Waals surface area contributed by atoms with Crippen LogP contribution in [0.25, 0.3) is 0 Å². The second kappa shape index (κ2) is 6.85. The Morgan fingerprint density at radius 2 is 2.05 bits per heavy atom. The van der Waals surface area contributed by atoms with E-state index in [4.69, 9.17) is 0 Å². The van der Waals surface area contributed by atoms with E-state index in [-0.39, 0.29) is 0 Å². The molecule has 0 unspecified atom stereocenters. The second-order valence-electron chi connectivity index (χ2n) is 5.68. The largest absolute Gasteiger partial charge is 0.367 e. The molecule has 1 fully saturated rings. The highest BCUT2D eigenvalue weighted by molar-refractivity contribution is 5.38. The van der Waals surface area contributed by atoms with E-state index in [1.807, 2.05) is 0 Å². The fraction of sp³-hybridized carbons (Fsp3) is 0.733. The zero-order valence-electron chi connectivity index (χ0n) is 12.4. The summed E-state index contributed by atoms with van der Waals surface area (Å²) >= 11 is 0. The van der Waals surface area contributed by atoms with Crippen molar-refractivity contribution in [3.63, 3.8) is 0 Å². The van der Waals surface area contributed by atoms with Gasteiger partial charge in [-0.15, -0.1) is 0 Å². The van der Waals surface area contributed by atoms with Crippen molar-refractivity contribution in [1.82, 2.24) is 15.3 Å². The third-order valence-corrected chi connectivity index (χ3v) is 3.51. The maximum absolute atomic E-state index is 4.67. The summed E-state index contributed by atoms with van der Waals surface area (Å²) in [5.74, 6) is 2.35. The van der Waals surface area contributed by atoms with Crippen molar-refractivity contribution < 1.29 is 0 Å². The van der Waals surface area contributed by atoms with Crippen molar-refractivity contribution in [2.75, 3.05) is 18.4 Å². The van der Waals surface area contributed by atoms with Crippen LogP contribution in [0.5, 0.6) is 0 Å². The van der Waals surface area contributed by atoms with Crippen LogP contribution in [0, 0.1) is 0 Å². The molecule has 0 atom stereocenters. The Bertz CT molecular complexity index is 397. The van der Waals surface area contributed by atoms with Gasteiger partial charge in [-0.05, 0) is 32.4 Å². The summed E-state index contributed by atoms with van der Waals surface area (Å²) in [5, 5.41) is 6.97. The molecule has 0 amide bonds. The molecule has 0 radical (unpaired) electrons. The van der Waals surface area contributed by atoms with Crippen molar-refractivity contribution in [2.24, 2.45) is 0 Å². The molecule has 0 bridgehead atoms. The normalized spacial score (nSPS) is 16.8. The van der Waals surface area contributed by atoms with Crippen LogP contribution in [0.3, 0.4) is 0 Å². The van der Waals surface area contributed by atoms with Gasteiger partial charge in [0.2, 0.25) is 0 Å². The summed E-state index contributed by atoms with van der Waals surface area (Å²) < 4.78 is 0. The number of hydrogen-bond donors (Lipinski definition) is 2. The van der Waals surface area contributed by atoms with Gasteiger partial charge < -0.3 is 10.6 Å². The van der Waals surface area contributed by atoms with Crippen LogP contribution in [0.15, 0.2) is 6.07 Å². The molecule has 2 N–H and O–H groups in total. The predicted molar refractivity (Wildman–Crippen MR) is 79.6 cm³/mol. The van der Waals surface area contributed by atoms with Gasteiger partial charge in [-0.3, -0.25) is 0 Å². The number of rotatable bonds is 5. The number of nitrogens with one attached hydrogen (secondary N) is 2. The van der Waals surface area contributed by atoms with Crippen molar-refractivity contribution in [3.8, 4) is 0 Å². The van der Waals surface area contributed by atoms with E-state index in [0.717, 1.165) is 43.3 Å². The van der Waals surface area contributed by atoms with Crippen molar-refractivity contribution in [1.29, 1.82) is 0 Å². The van der Waals surface area contributed by atoms with Crippen LogP contribution >= 0.6 is 0 Å². The molecule has 1 aromatic heterocycles. The number of aryl methyl sites for hydroxylation is 1. The molecule has 0 aromatic carbocycles. The van der Waals surface area contributed by atoms with E-state index >= 15 is 0 Å². The van der Waals surface area contributed by atoms with E-state index in [9.17, 15) is 0 Å². The minimum absolute atomic E-state index is 0.380. The molecule has 1 aliphatic rings. The molecular formula is C15H26N4. The second-order valence-corrected chi connectivity index (χ2v) is 5.68. The first-order valence-corrected chi connectivity index (χ1v) is 7.54. The molecular weight excluding hydrogens is 236 g/mol. The van der Waals surface area contributed by atoms with Crippen LogP contribution in [0.2, 0.25) is 0 Å². The van der Waals surface area contributed by atoms with Gasteiger partial charge in [0.1, 0.15) is 11.6 Å². The molecule has 1 saturated heterocycles. The molecule has 0 spiro atoms. The molecule has 4 nitrogen and oxygen atoms in total. The average molecular weight is 262 g/mol. The van der Waals surface area contributed by atoms with Gasteiger partial charge in [-0.25, -0.2) is 9.97 Å². The lowest BCUT2D eigenvalue weighted by Crippen LogP contribution is -2.35. The van der Waals surface area contributed by atoms with Gasteiger partial charge in [-0.2, -0.15) is 0 Å². The lowest BCUT2D eigenvalue weighted by Gasteiger charge is -2.24. The van der Waals surface area contributed by atoms with Crippen molar-refractivity contribution in [2.45, 2.75) is 58.4 Å². The highest BCUT2D eigenvalue weighted by Crippen LogP contribution is 2.17. The molecule has 1 aromatic rings. The Balaban J connectivity index is 2.12. The topological polar surface area (TPSA) is 49.8 Å². The van der Waals surface area contributed by atoms with Crippen LogP contribution in [0.1, 0.15) is 57.5 Å². The first-order chi connectivity index (χ1) is 9.19. The third-order valence-electron chi connectivity index (χ3n) is 3.51. The summed E-state index contributed by atoms with van der Waals surface area (Å²) in [6, 6.07) is 2.67. The fourth-order valence-electron chi connectivity index (χ4n) is 2.41. The number of aromatic nitrogens is 2. The maximum Gasteiger partial charge on any atom is 0.133 e. The molecule has 1 aliphatic heterocycles. The minimum atomic E-state index is 0.380. The van der Waals surface area contributed by atoms with Crippen molar-refractivity contribution in [3.05, 3.63) is 17.6 Å². The van der Waals surface area contributed by atoms with E-state index in [2.05, 4.69) is 47.4 Å². The average Bonchev–Trinajstić information content (AvgIpc) is 2.40. The summed E-state index contributed by atoms with van der Waals surface area (Å²) in [6.07, 6.45) is 4.50. The highest BCUT2D eigenvalue weighted by Gasteiger charge is 2.14. The first-order valence-electron chi connectivity index (χ1n) is 7.54. The summed E-state index contributed by atoms with van der Waals surface area (Å²) in [6.45, 7) is 8.69. The van der Waals surface area contributed by atoms with Crippen LogP contribution in [0.4, 0.5) is 5.82 Å². The summed E-state index contributed by atoms with van der Waals surface area (Å²) in [4.78, 5) is 9.32. The van der Waals surface area contributed by atoms with Gasteiger partial charge >= 0.3 is 0 Å². The molecule has 2 heterocycles. The highest BCUT2D eigenvalue weighted by atomic mass is 15.1. The van der Waals surface area contributed by atoms with Gasteiger partial charge in [-0.1, -0.05) is 27.2 Å². The molecule has 0 aliphatic carbocycles. The lowest BCUT2D eigenvalue weighted by atomic mass is 10.1. The smallest absolute Gasteiger partial charge is 0.133 e. The van der Waals surface area contributed by atoms with Crippen molar-refractivity contribution >= 4 is 5.82 Å². The van der Waals surface area contributed by atoms with E-state index in [1.54, 1.807) is 0 Å². The van der Waals surface area contributed by atoms with Gasteiger partial charge in [0, 0.05) is 23.7 Å². The molecule has 19 heavy (non-hydrogen) atoms. The van der Waals surface area contributed by atoms with E-state index in [1.165, 1.54) is 12.8 Å². The number of piperidine rings is 1. The number of nitrogens with zero attached hydrogens (tertiary/aromatic N) is 2. The first kappa shape index (κ1) is 14.3. The Labute approximate surface area is 116 Å². The van der Waals surface area contributed by atoms with Crippen LogP contribution < -0.4 is 10.6 Å². The maximum atomic E-state index is 4.67. The summed E-state index contributed by atoms with van der Waals surface area (Å²) in [7, 11) is 0. The zero-order chi connectivity index (χ0) is 13.7. The SMILES string of the molecule is CCCc1cc(NC2CCNCC2)nc(C(C)C)n1. The van der Waals surface area contributed by atoms with E-state index in [0.29, 0.717) is 12.0 Å². The van der Waals surface area contributed by atoms with Gasteiger partial charge in [0.25, 0.3) is 0 Å². The lowest BCUT2D eigenvalue weighted by molar-refractivity contribution is 0.478. The van der Waals surface area contributed by atoms with Gasteiger partial charge in [0.05, 0.1) is 0 Å². The Kier molecular flexibility index (Phi) is 5.14. The number of hydrogen-bond acceptors (Lipinski definition) is 4. The zero-order valence-corrected chi connectivity index (χ0v) is 12.4. The molecule has 2 rings (SSSR count). The Morgan fingerprint density at radius 1 is 1.32 bits per heavy atom. The fourth-order valence-corrected chi connectivity index (χ4v) is 2.41. The third kappa shape index (κ3) is 4.16. The molecule has 4 heteroatoms. The Morgan fingerprint density at radius 3 is 2.68 bits per heavy atom. The predicted octanol–water partition coefficient (Wildman–Crippen LogP) is 2.72.